The Hall–Kier alpha value is -2.79. The summed E-state index contributed by atoms with van der Waals surface area (Å²) in [6.07, 6.45) is 6.70. The van der Waals surface area contributed by atoms with Crippen molar-refractivity contribution >= 4 is 23.0 Å². The topological polar surface area (TPSA) is 114 Å². The molecule has 0 aliphatic heterocycles. The number of aromatic nitrogens is 4. The SMILES string of the molecule is CCCN(CCC)CC(=O)OCn1cnc2[nH][n+](COC(=O)CN(CCC)CCC)cc2c1=O. The summed E-state index contributed by atoms with van der Waals surface area (Å²) in [6, 6.07) is 0. The minimum absolute atomic E-state index is 0.0552. The molecule has 0 saturated carbocycles. The van der Waals surface area contributed by atoms with Gasteiger partial charge in [-0.25, -0.2) is 4.98 Å². The zero-order valence-corrected chi connectivity index (χ0v) is 20.9. The molecule has 2 heterocycles. The van der Waals surface area contributed by atoms with Crippen molar-refractivity contribution in [1.29, 1.82) is 0 Å². The number of nitrogens with zero attached hydrogens (tertiary/aromatic N) is 5. The van der Waals surface area contributed by atoms with Gasteiger partial charge in [0.05, 0.1) is 13.1 Å². The second-order valence-corrected chi connectivity index (χ2v) is 8.34. The van der Waals surface area contributed by atoms with Crippen molar-refractivity contribution in [2.45, 2.75) is 66.8 Å². The number of carbonyl (C=O) groups is 2. The van der Waals surface area contributed by atoms with Gasteiger partial charge in [-0.2, -0.15) is 0 Å². The fourth-order valence-corrected chi connectivity index (χ4v) is 3.74. The van der Waals surface area contributed by atoms with Gasteiger partial charge in [0.15, 0.2) is 12.1 Å². The first-order valence-electron chi connectivity index (χ1n) is 12.1. The van der Waals surface area contributed by atoms with E-state index in [1.54, 1.807) is 0 Å². The van der Waals surface area contributed by atoms with E-state index < -0.39 is 0 Å². The van der Waals surface area contributed by atoms with E-state index in [2.05, 4.69) is 42.7 Å². The highest BCUT2D eigenvalue weighted by Crippen LogP contribution is 2.01. The lowest BCUT2D eigenvalue weighted by Crippen LogP contribution is -2.39. The first-order valence-corrected chi connectivity index (χ1v) is 12.1. The van der Waals surface area contributed by atoms with E-state index in [-0.39, 0.29) is 44.0 Å². The monoisotopic (exact) mass is 479 g/mol. The van der Waals surface area contributed by atoms with Crippen LogP contribution in [0.5, 0.6) is 0 Å². The quantitative estimate of drug-likeness (QED) is 0.283. The predicted octanol–water partition coefficient (Wildman–Crippen LogP) is 1.26. The van der Waals surface area contributed by atoms with Gasteiger partial charge in [-0.05, 0) is 51.9 Å². The third-order valence-electron chi connectivity index (χ3n) is 5.20. The average molecular weight is 480 g/mol. The fraction of sp³-hybridized carbons (Fsp3) is 0.696. The smallest absolute Gasteiger partial charge is 0.325 e. The van der Waals surface area contributed by atoms with Crippen molar-refractivity contribution in [2.75, 3.05) is 39.3 Å². The maximum Gasteiger partial charge on any atom is 0.325 e. The first kappa shape index (κ1) is 27.5. The van der Waals surface area contributed by atoms with Gasteiger partial charge in [0, 0.05) is 0 Å². The van der Waals surface area contributed by atoms with Crippen LogP contribution in [-0.2, 0) is 32.5 Å². The molecule has 0 spiro atoms. The largest absolute Gasteiger partial charge is 0.443 e. The van der Waals surface area contributed by atoms with Crippen LogP contribution in [-0.4, -0.2) is 75.7 Å². The molecular weight excluding hydrogens is 440 g/mol. The molecule has 11 heteroatoms. The standard InChI is InChI=1S/C23H38N6O5/c1-5-9-26(10-6-2)14-20(30)33-17-28-16-24-22-19(23(28)32)13-29(25-22)18-34-21(31)15-27(11-7-3)12-8-4/h13,16H,5-12,14-15,17-18H2,1-4H3/p+1. The van der Waals surface area contributed by atoms with Crippen LogP contribution in [0.4, 0.5) is 0 Å². The van der Waals surface area contributed by atoms with Crippen molar-refractivity contribution in [1.82, 2.24) is 24.4 Å². The van der Waals surface area contributed by atoms with E-state index in [0.717, 1.165) is 51.9 Å². The summed E-state index contributed by atoms with van der Waals surface area (Å²) in [7, 11) is 0. The Morgan fingerprint density at radius 3 is 2.00 bits per heavy atom. The fourth-order valence-electron chi connectivity index (χ4n) is 3.74. The molecule has 0 radical (unpaired) electrons. The van der Waals surface area contributed by atoms with Crippen LogP contribution in [0.3, 0.4) is 0 Å². The molecule has 2 aromatic rings. The van der Waals surface area contributed by atoms with Gasteiger partial charge in [-0.15, -0.1) is 5.10 Å². The number of rotatable bonds is 16. The predicted molar refractivity (Wildman–Crippen MR) is 127 cm³/mol. The molecule has 34 heavy (non-hydrogen) atoms. The lowest BCUT2D eigenvalue weighted by Gasteiger charge is -2.19. The maximum absolute atomic E-state index is 12.8. The number of H-pyrrole nitrogens is 1. The minimum atomic E-state index is -0.384. The van der Waals surface area contributed by atoms with Gasteiger partial charge in [0.2, 0.25) is 11.8 Å². The van der Waals surface area contributed by atoms with Crippen molar-refractivity contribution in [3.63, 3.8) is 0 Å². The summed E-state index contributed by atoms with van der Waals surface area (Å²) in [6.45, 7) is 11.7. The van der Waals surface area contributed by atoms with Gasteiger partial charge in [0.25, 0.3) is 5.56 Å². The van der Waals surface area contributed by atoms with Crippen LogP contribution in [0.15, 0.2) is 17.3 Å². The summed E-state index contributed by atoms with van der Waals surface area (Å²) < 4.78 is 13.4. The third kappa shape index (κ3) is 8.53. The molecule has 1 N–H and O–H groups in total. The zero-order valence-electron chi connectivity index (χ0n) is 20.9. The van der Waals surface area contributed by atoms with E-state index >= 15 is 0 Å². The lowest BCUT2D eigenvalue weighted by molar-refractivity contribution is -0.775. The molecule has 0 aliphatic carbocycles. The molecule has 11 nitrogen and oxygen atoms in total. The lowest BCUT2D eigenvalue weighted by atomic mass is 10.3. The molecule has 0 fully saturated rings. The van der Waals surface area contributed by atoms with Crippen LogP contribution >= 0.6 is 0 Å². The maximum atomic E-state index is 12.8. The molecule has 0 amide bonds. The number of hydrogen-bond donors (Lipinski definition) is 1. The molecule has 2 aromatic heterocycles. The highest BCUT2D eigenvalue weighted by molar-refractivity contribution is 5.72. The van der Waals surface area contributed by atoms with Crippen LogP contribution in [0.25, 0.3) is 11.0 Å². The second-order valence-electron chi connectivity index (χ2n) is 8.34. The van der Waals surface area contributed by atoms with Crippen LogP contribution in [0.1, 0.15) is 53.4 Å². The van der Waals surface area contributed by atoms with Gasteiger partial charge in [0.1, 0.15) is 6.33 Å². The number of ether oxygens (including phenoxy) is 2. The Morgan fingerprint density at radius 1 is 0.941 bits per heavy atom. The van der Waals surface area contributed by atoms with E-state index in [1.165, 1.54) is 21.8 Å². The van der Waals surface area contributed by atoms with Gasteiger partial charge < -0.3 is 9.47 Å². The number of aromatic amines is 1. The van der Waals surface area contributed by atoms with Crippen LogP contribution in [0.2, 0.25) is 0 Å². The highest BCUT2D eigenvalue weighted by Gasteiger charge is 2.18. The first-order chi connectivity index (χ1) is 16.4. The number of fused-ring (bicyclic) bond motifs is 1. The Balaban J connectivity index is 1.95. The van der Waals surface area contributed by atoms with Crippen molar-refractivity contribution in [3.05, 3.63) is 22.9 Å². The minimum Gasteiger partial charge on any atom is -0.443 e. The van der Waals surface area contributed by atoms with E-state index in [1.807, 2.05) is 4.90 Å². The summed E-state index contributed by atoms with van der Waals surface area (Å²) in [5, 5.41) is 3.24. The number of hydrogen-bond acceptors (Lipinski definition) is 8. The molecule has 0 unspecified atom stereocenters. The van der Waals surface area contributed by atoms with Crippen LogP contribution in [0, 0.1) is 0 Å². The molecule has 0 saturated heterocycles. The van der Waals surface area contributed by atoms with Crippen LogP contribution < -0.4 is 10.2 Å². The average Bonchev–Trinajstić information content (AvgIpc) is 3.22. The van der Waals surface area contributed by atoms with E-state index in [0.29, 0.717) is 11.0 Å². The molecule has 0 bridgehead atoms. The van der Waals surface area contributed by atoms with Crippen molar-refractivity contribution < 1.29 is 23.7 Å². The van der Waals surface area contributed by atoms with E-state index in [9.17, 15) is 14.4 Å². The van der Waals surface area contributed by atoms with Crippen molar-refractivity contribution in [3.8, 4) is 0 Å². The number of esters is 2. The van der Waals surface area contributed by atoms with Gasteiger partial charge in [-0.3, -0.25) is 28.8 Å². The summed E-state index contributed by atoms with van der Waals surface area (Å²) >= 11 is 0. The Morgan fingerprint density at radius 2 is 1.47 bits per heavy atom. The zero-order chi connectivity index (χ0) is 24.9. The molecular formula is C23H39N6O5+. The number of carbonyl (C=O) groups excluding carboxylic acids is 2. The molecule has 190 valence electrons. The van der Waals surface area contributed by atoms with Crippen molar-refractivity contribution in [2.24, 2.45) is 0 Å². The third-order valence-corrected chi connectivity index (χ3v) is 5.20. The molecule has 2 rings (SSSR count). The molecule has 0 aromatic carbocycles. The number of nitrogens with one attached hydrogen (secondary N) is 1. The van der Waals surface area contributed by atoms with Gasteiger partial charge in [-0.1, -0.05) is 32.4 Å². The molecule has 0 aliphatic rings. The Bertz CT molecular complexity index is 960. The highest BCUT2D eigenvalue weighted by atomic mass is 16.5. The Labute approximate surface area is 200 Å². The molecule has 0 atom stereocenters. The summed E-state index contributed by atoms with van der Waals surface area (Å²) in [5.74, 6) is -0.712. The second kappa shape index (κ2) is 14.5. The Kier molecular flexibility index (Phi) is 11.7. The summed E-state index contributed by atoms with van der Waals surface area (Å²) in [5.41, 5.74) is 0.00875. The summed E-state index contributed by atoms with van der Waals surface area (Å²) in [4.78, 5) is 45.5. The normalized spacial score (nSPS) is 11.5. The van der Waals surface area contributed by atoms with Gasteiger partial charge >= 0.3 is 18.7 Å². The van der Waals surface area contributed by atoms with E-state index in [4.69, 9.17) is 9.47 Å².